The van der Waals surface area contributed by atoms with E-state index in [1.54, 1.807) is 12.1 Å². The highest BCUT2D eigenvalue weighted by molar-refractivity contribution is 5.94. The molecule has 0 saturated carbocycles. The van der Waals surface area contributed by atoms with Crippen molar-refractivity contribution in [3.63, 3.8) is 0 Å². The second-order valence-electron chi connectivity index (χ2n) is 7.67. The van der Waals surface area contributed by atoms with Gasteiger partial charge in [-0.1, -0.05) is 12.1 Å². The van der Waals surface area contributed by atoms with Crippen molar-refractivity contribution < 1.29 is 18.8 Å². The Hall–Kier alpha value is -2.77. The molecular formula is C21H27FN4O3. The summed E-state index contributed by atoms with van der Waals surface area (Å²) < 4.78 is 13.2. The third-order valence-corrected chi connectivity index (χ3v) is 5.32. The van der Waals surface area contributed by atoms with E-state index >= 15 is 0 Å². The van der Waals surface area contributed by atoms with Crippen molar-refractivity contribution in [2.24, 2.45) is 11.0 Å². The second kappa shape index (κ2) is 10.1. The number of hydrazone groups is 1. The number of piperidine rings is 1. The van der Waals surface area contributed by atoms with Crippen LogP contribution >= 0.6 is 0 Å². The van der Waals surface area contributed by atoms with Gasteiger partial charge in [-0.25, -0.2) is 9.82 Å². The van der Waals surface area contributed by atoms with Gasteiger partial charge in [-0.15, -0.1) is 0 Å². The molecule has 2 aliphatic rings. The number of carbonyl (C=O) groups is 3. The molecule has 3 rings (SSSR count). The van der Waals surface area contributed by atoms with Crippen LogP contribution in [0.5, 0.6) is 0 Å². The maximum Gasteiger partial charge on any atom is 0.240 e. The first-order valence-corrected chi connectivity index (χ1v) is 10.1. The summed E-state index contributed by atoms with van der Waals surface area (Å²) in [5.74, 6) is -0.274. The third kappa shape index (κ3) is 6.66. The maximum absolute atomic E-state index is 13.2. The first-order chi connectivity index (χ1) is 14.0. The van der Waals surface area contributed by atoms with Crippen molar-refractivity contribution in [1.29, 1.82) is 0 Å². The minimum Gasteiger partial charge on any atom is -0.355 e. The first kappa shape index (κ1) is 21.0. The first-order valence-electron chi connectivity index (χ1n) is 10.1. The topological polar surface area (TPSA) is 90.9 Å². The Morgan fingerprint density at radius 3 is 2.93 bits per heavy atom. The summed E-state index contributed by atoms with van der Waals surface area (Å²) in [6, 6.07) is 6.04. The lowest BCUT2D eigenvalue weighted by Crippen LogP contribution is -2.44. The van der Waals surface area contributed by atoms with Crippen LogP contribution in [0, 0.1) is 11.7 Å². The van der Waals surface area contributed by atoms with E-state index in [9.17, 15) is 18.8 Å². The lowest BCUT2D eigenvalue weighted by Gasteiger charge is -2.33. The SMILES string of the molecule is O=C(Cc1cccc(F)c1)NCC1CCCN(C(=O)CCC2=NNC(=O)CC2)C1. The van der Waals surface area contributed by atoms with Gasteiger partial charge in [0.1, 0.15) is 5.82 Å². The smallest absolute Gasteiger partial charge is 0.240 e. The molecule has 1 unspecified atom stereocenters. The molecule has 2 aliphatic heterocycles. The number of rotatable bonds is 7. The fraction of sp³-hybridized carbons (Fsp3) is 0.524. The summed E-state index contributed by atoms with van der Waals surface area (Å²) in [5, 5.41) is 6.92. The van der Waals surface area contributed by atoms with E-state index < -0.39 is 0 Å². The number of halogens is 1. The molecule has 1 atom stereocenters. The monoisotopic (exact) mass is 402 g/mol. The van der Waals surface area contributed by atoms with E-state index in [1.807, 2.05) is 4.90 Å². The molecule has 0 radical (unpaired) electrons. The van der Waals surface area contributed by atoms with Crippen molar-refractivity contribution in [1.82, 2.24) is 15.6 Å². The molecule has 0 aromatic heterocycles. The van der Waals surface area contributed by atoms with E-state index in [0.717, 1.165) is 25.1 Å². The summed E-state index contributed by atoms with van der Waals surface area (Å²) in [5.41, 5.74) is 3.95. The molecule has 156 valence electrons. The zero-order valence-corrected chi connectivity index (χ0v) is 16.5. The number of amides is 3. The Bertz CT molecular complexity index is 796. The van der Waals surface area contributed by atoms with Gasteiger partial charge >= 0.3 is 0 Å². The lowest BCUT2D eigenvalue weighted by molar-refractivity contribution is -0.132. The molecule has 1 saturated heterocycles. The summed E-state index contributed by atoms with van der Waals surface area (Å²) in [6.45, 7) is 1.87. The molecule has 0 aliphatic carbocycles. The summed E-state index contributed by atoms with van der Waals surface area (Å²) in [4.78, 5) is 37.6. The van der Waals surface area contributed by atoms with Gasteiger partial charge in [-0.3, -0.25) is 14.4 Å². The zero-order chi connectivity index (χ0) is 20.6. The minimum atomic E-state index is -0.349. The van der Waals surface area contributed by atoms with Crippen LogP contribution in [0.4, 0.5) is 4.39 Å². The van der Waals surface area contributed by atoms with Crippen LogP contribution < -0.4 is 10.7 Å². The largest absolute Gasteiger partial charge is 0.355 e. The molecule has 1 aromatic carbocycles. The molecule has 7 nitrogen and oxygen atoms in total. The van der Waals surface area contributed by atoms with Crippen LogP contribution in [0.1, 0.15) is 44.1 Å². The summed E-state index contributed by atoms with van der Waals surface area (Å²) >= 11 is 0. The molecule has 8 heteroatoms. The second-order valence-corrected chi connectivity index (χ2v) is 7.67. The van der Waals surface area contributed by atoms with Gasteiger partial charge in [0.05, 0.1) is 6.42 Å². The van der Waals surface area contributed by atoms with Crippen LogP contribution in [-0.2, 0) is 20.8 Å². The van der Waals surface area contributed by atoms with Crippen molar-refractivity contribution in [2.75, 3.05) is 19.6 Å². The Labute approximate surface area is 169 Å². The van der Waals surface area contributed by atoms with E-state index in [-0.39, 0.29) is 35.9 Å². The molecule has 0 spiro atoms. The van der Waals surface area contributed by atoms with Gasteiger partial charge in [-0.2, -0.15) is 5.10 Å². The predicted octanol–water partition coefficient (Wildman–Crippen LogP) is 1.77. The van der Waals surface area contributed by atoms with E-state index in [1.165, 1.54) is 12.1 Å². The number of carbonyl (C=O) groups excluding carboxylic acids is 3. The van der Waals surface area contributed by atoms with E-state index in [2.05, 4.69) is 15.8 Å². The molecule has 2 heterocycles. The van der Waals surface area contributed by atoms with Gasteiger partial charge in [0.2, 0.25) is 17.7 Å². The van der Waals surface area contributed by atoms with Crippen LogP contribution in [0.25, 0.3) is 0 Å². The quantitative estimate of drug-likeness (QED) is 0.728. The molecule has 0 bridgehead atoms. The highest BCUT2D eigenvalue weighted by Gasteiger charge is 2.24. The highest BCUT2D eigenvalue weighted by atomic mass is 19.1. The number of likely N-dealkylation sites (tertiary alicyclic amines) is 1. The molecule has 1 fully saturated rings. The lowest BCUT2D eigenvalue weighted by atomic mass is 9.97. The van der Waals surface area contributed by atoms with Gasteiger partial charge in [-0.05, 0) is 49.3 Å². The summed E-state index contributed by atoms with van der Waals surface area (Å²) in [7, 11) is 0. The Morgan fingerprint density at radius 1 is 1.31 bits per heavy atom. The molecule has 3 amide bonds. The predicted molar refractivity (Wildman–Crippen MR) is 106 cm³/mol. The Kier molecular flexibility index (Phi) is 7.32. The van der Waals surface area contributed by atoms with Crippen LogP contribution in [0.2, 0.25) is 0 Å². The normalized spacial score (nSPS) is 19.3. The number of nitrogens with one attached hydrogen (secondary N) is 2. The Balaban J connectivity index is 1.39. The third-order valence-electron chi connectivity index (χ3n) is 5.32. The average molecular weight is 402 g/mol. The van der Waals surface area contributed by atoms with Crippen molar-refractivity contribution in [3.05, 3.63) is 35.6 Å². The van der Waals surface area contributed by atoms with Gasteiger partial charge < -0.3 is 10.2 Å². The molecule has 1 aromatic rings. The van der Waals surface area contributed by atoms with Crippen molar-refractivity contribution in [2.45, 2.75) is 44.9 Å². The molecule has 2 N–H and O–H groups in total. The van der Waals surface area contributed by atoms with E-state index in [4.69, 9.17) is 0 Å². The number of hydrogen-bond acceptors (Lipinski definition) is 4. The fourth-order valence-electron chi connectivity index (χ4n) is 3.71. The van der Waals surface area contributed by atoms with Crippen LogP contribution in [0.3, 0.4) is 0 Å². The number of benzene rings is 1. The fourth-order valence-corrected chi connectivity index (χ4v) is 3.71. The number of nitrogens with zero attached hydrogens (tertiary/aromatic N) is 2. The standard InChI is InChI=1S/C21H27FN4O3/c22-17-5-1-3-15(11-17)12-20(28)23-13-16-4-2-10-26(14-16)21(29)9-7-18-6-8-19(27)25-24-18/h1,3,5,11,16H,2,4,6-10,12-14H2,(H,23,28)(H,25,27). The average Bonchev–Trinajstić information content (AvgIpc) is 2.72. The maximum atomic E-state index is 13.2. The Morgan fingerprint density at radius 2 is 2.17 bits per heavy atom. The minimum absolute atomic E-state index is 0.0837. The van der Waals surface area contributed by atoms with Crippen molar-refractivity contribution in [3.8, 4) is 0 Å². The van der Waals surface area contributed by atoms with Crippen LogP contribution in [-0.4, -0.2) is 48.0 Å². The highest BCUT2D eigenvalue weighted by Crippen LogP contribution is 2.18. The zero-order valence-electron chi connectivity index (χ0n) is 16.5. The summed E-state index contributed by atoms with van der Waals surface area (Å²) in [6.07, 6.45) is 3.99. The van der Waals surface area contributed by atoms with Crippen molar-refractivity contribution >= 4 is 23.4 Å². The van der Waals surface area contributed by atoms with Gasteiger partial charge in [0, 0.05) is 38.2 Å². The van der Waals surface area contributed by atoms with Gasteiger partial charge in [0.15, 0.2) is 0 Å². The van der Waals surface area contributed by atoms with Crippen LogP contribution in [0.15, 0.2) is 29.4 Å². The molecular weight excluding hydrogens is 375 g/mol. The number of hydrogen-bond donors (Lipinski definition) is 2. The van der Waals surface area contributed by atoms with E-state index in [0.29, 0.717) is 44.3 Å². The molecule has 29 heavy (non-hydrogen) atoms. The van der Waals surface area contributed by atoms with Gasteiger partial charge in [0.25, 0.3) is 0 Å².